The van der Waals surface area contributed by atoms with E-state index in [1.165, 1.54) is 24.9 Å². The molecule has 0 spiro atoms. The molecule has 1 aromatic carbocycles. The molecule has 0 saturated carbocycles. The zero-order valence-corrected chi connectivity index (χ0v) is 20.2. The van der Waals surface area contributed by atoms with E-state index in [0.717, 1.165) is 11.3 Å². The molecule has 11 heteroatoms. The quantitative estimate of drug-likeness (QED) is 0.351. The minimum Gasteiger partial charge on any atom is -0.459 e. The molecule has 1 unspecified atom stereocenters. The molecule has 2 aromatic heterocycles. The van der Waals surface area contributed by atoms with Crippen LogP contribution in [0.5, 0.6) is 0 Å². The van der Waals surface area contributed by atoms with Gasteiger partial charge in [-0.2, -0.15) is 0 Å². The van der Waals surface area contributed by atoms with Gasteiger partial charge in [0, 0.05) is 25.4 Å². The van der Waals surface area contributed by atoms with E-state index in [-0.39, 0.29) is 30.4 Å². The van der Waals surface area contributed by atoms with Crippen LogP contribution in [0.15, 0.2) is 35.4 Å². The number of thiophene rings is 1. The highest BCUT2D eigenvalue weighted by Crippen LogP contribution is 2.28. The number of esters is 1. The molecule has 3 aromatic rings. The Hall–Kier alpha value is -3.57. The highest BCUT2D eigenvalue weighted by molar-refractivity contribution is 7.20. The maximum absolute atomic E-state index is 13.3. The molecule has 1 atom stereocenters. The van der Waals surface area contributed by atoms with E-state index < -0.39 is 17.6 Å². The lowest BCUT2D eigenvalue weighted by molar-refractivity contribution is -0.119. The number of nitrogens with one attached hydrogen (secondary N) is 2. The smallest absolute Gasteiger partial charge is 0.348 e. The van der Waals surface area contributed by atoms with Gasteiger partial charge in [0.1, 0.15) is 22.4 Å². The number of carbonyl (C=O) groups is 3. The van der Waals surface area contributed by atoms with Gasteiger partial charge in [-0.05, 0) is 43.2 Å². The predicted molar refractivity (Wildman–Crippen MR) is 129 cm³/mol. The molecule has 0 bridgehead atoms. The normalized spacial score (nSPS) is 11.8. The summed E-state index contributed by atoms with van der Waals surface area (Å²) in [5, 5.41) is 5.74. The number of methoxy groups -OCH3 is 1. The van der Waals surface area contributed by atoms with Gasteiger partial charge in [-0.15, -0.1) is 11.3 Å². The second kappa shape index (κ2) is 11.0. The predicted octanol–water partition coefficient (Wildman–Crippen LogP) is 3.12. The van der Waals surface area contributed by atoms with Crippen LogP contribution in [-0.2, 0) is 19.1 Å². The van der Waals surface area contributed by atoms with Crippen molar-refractivity contribution < 1.29 is 23.9 Å². The van der Waals surface area contributed by atoms with Crippen molar-refractivity contribution in [3.63, 3.8) is 0 Å². The Bertz CT molecular complexity index is 1260. The van der Waals surface area contributed by atoms with Crippen molar-refractivity contribution in [2.24, 2.45) is 0 Å². The van der Waals surface area contributed by atoms with Gasteiger partial charge in [0.05, 0.1) is 18.3 Å². The van der Waals surface area contributed by atoms with Crippen molar-refractivity contribution in [1.29, 1.82) is 0 Å². The maximum Gasteiger partial charge on any atom is 0.348 e. The number of carbonyl (C=O) groups excluding carboxylic acids is 3. The number of nitrogens with zero attached hydrogens (tertiary/aromatic N) is 2. The van der Waals surface area contributed by atoms with Crippen LogP contribution in [0, 0.1) is 6.92 Å². The molecule has 0 fully saturated rings. The van der Waals surface area contributed by atoms with Gasteiger partial charge in [-0.25, -0.2) is 9.78 Å². The Kier molecular flexibility index (Phi) is 8.13. The van der Waals surface area contributed by atoms with Crippen molar-refractivity contribution in [3.8, 4) is 0 Å². The number of hydrogen-bond acceptors (Lipinski definition) is 8. The van der Waals surface area contributed by atoms with E-state index in [2.05, 4.69) is 15.6 Å². The van der Waals surface area contributed by atoms with Gasteiger partial charge < -0.3 is 20.1 Å². The van der Waals surface area contributed by atoms with E-state index in [0.29, 0.717) is 33.1 Å². The Morgan fingerprint density at radius 3 is 2.35 bits per heavy atom. The number of aromatic nitrogens is 2. The Labute approximate surface area is 199 Å². The van der Waals surface area contributed by atoms with Crippen LogP contribution in [0.25, 0.3) is 10.2 Å². The molecule has 2 heterocycles. The van der Waals surface area contributed by atoms with E-state index >= 15 is 0 Å². The van der Waals surface area contributed by atoms with Gasteiger partial charge in [0.2, 0.25) is 11.8 Å². The second-order valence-electron chi connectivity index (χ2n) is 7.49. The standard InChI is InChI=1S/C23H26N4O6S/c1-5-17(20(29)26-16-8-6-15(7-9-16)25-14(3)28)27-12-24-21-18(22(27)30)13(2)19(34-21)23(31)33-11-10-32-4/h6-9,12,17H,5,10-11H2,1-4H3,(H,25,28)(H,26,29). The minimum absolute atomic E-state index is 0.102. The SMILES string of the molecule is CCC(C(=O)Nc1ccc(NC(C)=O)cc1)n1cnc2sc(C(=O)OCCOC)c(C)c2c1=O. The fourth-order valence-corrected chi connectivity index (χ4v) is 4.44. The van der Waals surface area contributed by atoms with Crippen molar-refractivity contribution in [2.75, 3.05) is 31.0 Å². The molecule has 34 heavy (non-hydrogen) atoms. The molecule has 2 amide bonds. The highest BCUT2D eigenvalue weighted by Gasteiger charge is 2.25. The summed E-state index contributed by atoms with van der Waals surface area (Å²) >= 11 is 1.08. The fraction of sp³-hybridized carbons (Fsp3) is 0.348. The van der Waals surface area contributed by atoms with E-state index in [4.69, 9.17) is 9.47 Å². The summed E-state index contributed by atoms with van der Waals surface area (Å²) in [6, 6.07) is 5.84. The van der Waals surface area contributed by atoms with Crippen molar-refractivity contribution in [2.45, 2.75) is 33.2 Å². The third-order valence-electron chi connectivity index (χ3n) is 5.08. The van der Waals surface area contributed by atoms with E-state index in [9.17, 15) is 19.2 Å². The Morgan fingerprint density at radius 1 is 1.12 bits per heavy atom. The van der Waals surface area contributed by atoms with Crippen LogP contribution < -0.4 is 16.2 Å². The molecule has 2 N–H and O–H groups in total. The van der Waals surface area contributed by atoms with E-state index in [1.54, 1.807) is 38.1 Å². The number of fused-ring (bicyclic) bond motifs is 1. The Morgan fingerprint density at radius 2 is 1.76 bits per heavy atom. The summed E-state index contributed by atoms with van der Waals surface area (Å²) in [7, 11) is 1.51. The van der Waals surface area contributed by atoms with Crippen LogP contribution >= 0.6 is 11.3 Å². The Balaban J connectivity index is 1.86. The van der Waals surface area contributed by atoms with Gasteiger partial charge in [0.15, 0.2) is 0 Å². The fourth-order valence-electron chi connectivity index (χ4n) is 3.41. The molecule has 0 radical (unpaired) electrons. The average molecular weight is 487 g/mol. The van der Waals surface area contributed by atoms with Gasteiger partial charge in [-0.3, -0.25) is 19.0 Å². The summed E-state index contributed by atoms with van der Waals surface area (Å²) < 4.78 is 11.3. The summed E-state index contributed by atoms with van der Waals surface area (Å²) in [5.41, 5.74) is 1.19. The third kappa shape index (κ3) is 5.49. The molecule has 10 nitrogen and oxygen atoms in total. The third-order valence-corrected chi connectivity index (χ3v) is 6.26. The van der Waals surface area contributed by atoms with Crippen molar-refractivity contribution >= 4 is 50.7 Å². The van der Waals surface area contributed by atoms with Gasteiger partial charge >= 0.3 is 5.97 Å². The largest absolute Gasteiger partial charge is 0.459 e. The average Bonchev–Trinajstić information content (AvgIpc) is 3.14. The highest BCUT2D eigenvalue weighted by atomic mass is 32.1. The van der Waals surface area contributed by atoms with Crippen LogP contribution in [0.2, 0.25) is 0 Å². The number of anilines is 2. The molecule has 0 saturated heterocycles. The maximum atomic E-state index is 13.3. The zero-order valence-electron chi connectivity index (χ0n) is 19.3. The first kappa shape index (κ1) is 25.1. The number of amides is 2. The summed E-state index contributed by atoms with van der Waals surface area (Å²) in [6.07, 6.45) is 1.67. The summed E-state index contributed by atoms with van der Waals surface area (Å²) in [5.74, 6) is -1.12. The molecule has 0 aliphatic heterocycles. The van der Waals surface area contributed by atoms with E-state index in [1.807, 2.05) is 0 Å². The molecular weight excluding hydrogens is 460 g/mol. The molecule has 0 aliphatic rings. The monoisotopic (exact) mass is 486 g/mol. The molecule has 3 rings (SSSR count). The number of rotatable bonds is 9. The molecule has 180 valence electrons. The van der Waals surface area contributed by atoms with Crippen LogP contribution in [0.4, 0.5) is 11.4 Å². The number of benzene rings is 1. The zero-order chi connectivity index (χ0) is 24.8. The first-order valence-electron chi connectivity index (χ1n) is 10.6. The first-order valence-corrected chi connectivity index (χ1v) is 11.4. The molecule has 0 aliphatic carbocycles. The first-order chi connectivity index (χ1) is 16.3. The van der Waals surface area contributed by atoms with Crippen molar-refractivity contribution in [3.05, 3.63) is 51.4 Å². The lowest BCUT2D eigenvalue weighted by Crippen LogP contribution is -2.33. The van der Waals surface area contributed by atoms with Gasteiger partial charge in [0.25, 0.3) is 5.56 Å². The summed E-state index contributed by atoms with van der Waals surface area (Å²) in [4.78, 5) is 54.9. The van der Waals surface area contributed by atoms with Crippen LogP contribution in [-0.4, -0.2) is 47.7 Å². The second-order valence-corrected chi connectivity index (χ2v) is 8.49. The lowest BCUT2D eigenvalue weighted by atomic mass is 10.1. The van der Waals surface area contributed by atoms with Crippen LogP contribution in [0.3, 0.4) is 0 Å². The lowest BCUT2D eigenvalue weighted by Gasteiger charge is -2.18. The van der Waals surface area contributed by atoms with Crippen LogP contribution in [0.1, 0.15) is 41.5 Å². The topological polar surface area (TPSA) is 129 Å². The van der Waals surface area contributed by atoms with Gasteiger partial charge in [-0.1, -0.05) is 6.92 Å². The summed E-state index contributed by atoms with van der Waals surface area (Å²) in [6.45, 7) is 5.23. The number of aryl methyl sites for hydroxylation is 1. The van der Waals surface area contributed by atoms with Crippen molar-refractivity contribution in [1.82, 2.24) is 9.55 Å². The number of ether oxygens (including phenoxy) is 2. The minimum atomic E-state index is -0.809. The molecular formula is C23H26N4O6S. The number of hydrogen-bond donors (Lipinski definition) is 2.